The van der Waals surface area contributed by atoms with Crippen LogP contribution in [0.4, 0.5) is 0 Å². The third kappa shape index (κ3) is 12.8. The molecule has 0 spiro atoms. The summed E-state index contributed by atoms with van der Waals surface area (Å²) >= 11 is 0. The summed E-state index contributed by atoms with van der Waals surface area (Å²) in [6.45, 7) is 0. The molecule has 1 radical (unpaired) electrons. The maximum Gasteiger partial charge on any atom is 0.145 e. The van der Waals surface area contributed by atoms with Crippen LogP contribution in [0.3, 0.4) is 0 Å². The van der Waals surface area contributed by atoms with Gasteiger partial charge in [0, 0.05) is 49.7 Å². The van der Waals surface area contributed by atoms with E-state index in [1.807, 2.05) is 97.1 Å². The number of hydrogen-bond donors (Lipinski definition) is 0. The zero-order valence-corrected chi connectivity index (χ0v) is 60.8. The van der Waals surface area contributed by atoms with E-state index in [-0.39, 0.29) is 45.0 Å². The number of benzene rings is 13. The summed E-state index contributed by atoms with van der Waals surface area (Å²) < 4.78 is 42.5. The maximum absolute atomic E-state index is 15.0. The Morgan fingerprint density at radius 2 is 0.568 bits per heavy atom. The predicted molar refractivity (Wildman–Crippen MR) is 412 cm³/mol. The molecule has 1 atom stereocenters. The van der Waals surface area contributed by atoms with Crippen molar-refractivity contribution in [1.29, 1.82) is 2.56 Å². The SMILES string of the molecule is O=P(c1ccccc1)(c1ccccc1)c1ccc([Si](c2ccccc2)(c2ccccc2)c2ccccc2)cc1.[3H]P.[3H]P=S=O.[BiH2].c1ccc(-n2c(-c3cc(-c4nc5ccccc5n4-c4ccccc4)cc(-c4nc5ccccc5n4-c4ccccc4)c3)nc3ccccc32)cc1. The summed E-state index contributed by atoms with van der Waals surface area (Å²) in [5.74, 6) is 2.53. The molecular weight excluding hydrogens is 1450 g/mol. The van der Waals surface area contributed by atoms with E-state index in [1.54, 1.807) is 9.84 Å². The van der Waals surface area contributed by atoms with E-state index in [4.69, 9.17) is 21.7 Å². The molecule has 16 aromatic rings. The Kier molecular flexibility index (Phi) is 19.7. The van der Waals surface area contributed by atoms with Gasteiger partial charge in [0.15, 0.2) is 15.2 Å². The molecule has 0 saturated heterocycles. The summed E-state index contributed by atoms with van der Waals surface area (Å²) in [5, 5.41) is 7.78. The minimum Gasteiger partial charge on any atom is -0.292 e. The Labute approximate surface area is 584 Å². The minimum absolute atomic E-state index is 0. The standard InChI is InChI=1S/C45H30N6.C36H29OPSi.Bi.HOPS.H3P.2H/c1-4-16-34(17-5-1)49-40-25-13-10-22-37(40)46-43(49)31-28-32(44-47-38-23-11-14-26-41(38)50(44)35-18-6-2-7-19-35)30-33(29-31)45-48-39-24-12-15-27-42(39)51(45)36-20-8-3-9-21-36;37-38(30-16-6-1-7-17-30,31-18-8-2-9-19-31)32-26-28-36(29-27-32)39(33-20-10-3-11-21-33,34-22-12-4-13-23-34)35-24-14-5-15-25-35;;1-3-2;;;/h1-30H;1-29H;;2H;1H3;;/i;;;2T;1T;;. The van der Waals surface area contributed by atoms with Crippen LogP contribution in [0.15, 0.2) is 358 Å². The van der Waals surface area contributed by atoms with Crippen molar-refractivity contribution in [2.45, 2.75) is 0 Å². The number of para-hydroxylation sites is 9. The Hall–Kier alpha value is -9.65. The smallest absolute Gasteiger partial charge is 0.145 e. The fraction of sp³-hybridized carbons (Fsp3) is 0. The fourth-order valence-electron chi connectivity index (χ4n) is 12.9. The van der Waals surface area contributed by atoms with E-state index in [2.05, 4.69) is 275 Å². The molecule has 8 nitrogen and oxygen atoms in total. The van der Waals surface area contributed by atoms with Gasteiger partial charge in [-0.05, 0) is 120 Å². The van der Waals surface area contributed by atoms with Gasteiger partial charge in [0.25, 0.3) is 0 Å². The molecule has 0 amide bonds. The van der Waals surface area contributed by atoms with Crippen LogP contribution in [0, 0.1) is 0 Å². The van der Waals surface area contributed by atoms with E-state index < -0.39 is 15.2 Å². The second-order valence-electron chi connectivity index (χ2n) is 22.3. The fourth-order valence-corrected chi connectivity index (χ4v) is 20.3. The van der Waals surface area contributed by atoms with Gasteiger partial charge >= 0.3 is 26.2 Å². The van der Waals surface area contributed by atoms with Gasteiger partial charge in [-0.1, -0.05) is 267 Å². The molecule has 0 saturated carbocycles. The molecule has 3 heterocycles. The van der Waals surface area contributed by atoms with Gasteiger partial charge in [-0.15, -0.1) is 0 Å². The number of hydrogen-bond acceptors (Lipinski definition) is 5. The van der Waals surface area contributed by atoms with E-state index in [0.717, 1.165) is 100 Å². The number of aromatic nitrogens is 6. The van der Waals surface area contributed by atoms with Gasteiger partial charge < -0.3 is 4.57 Å². The van der Waals surface area contributed by atoms with Crippen molar-refractivity contribution >= 4 is 140 Å². The predicted octanol–water partition coefficient (Wildman–Crippen LogP) is 14.8. The van der Waals surface area contributed by atoms with Gasteiger partial charge in [0.1, 0.15) is 29.6 Å². The van der Waals surface area contributed by atoms with Crippen LogP contribution in [0.1, 0.15) is 0 Å². The molecule has 461 valence electrons. The molecule has 3 aromatic heterocycles. The van der Waals surface area contributed by atoms with Crippen LogP contribution in [0.5, 0.6) is 0 Å². The van der Waals surface area contributed by atoms with E-state index in [0.29, 0.717) is 0 Å². The molecule has 0 bridgehead atoms. The van der Waals surface area contributed by atoms with Crippen molar-refractivity contribution in [2.24, 2.45) is 0 Å². The molecule has 16 rings (SSSR count). The Bertz CT molecular complexity index is 4910. The molecule has 0 aliphatic rings. The van der Waals surface area contributed by atoms with Crippen molar-refractivity contribution in [3.05, 3.63) is 358 Å². The average Bonchev–Trinajstić information content (AvgIpc) is 1.07. The summed E-state index contributed by atoms with van der Waals surface area (Å²) in [5.41, 5.74) is 11.9. The molecule has 0 N–H and O–H groups in total. The maximum atomic E-state index is 15.0. The van der Waals surface area contributed by atoms with Crippen LogP contribution in [0.25, 0.3) is 84.3 Å². The topological polar surface area (TPSA) is 87.6 Å². The number of nitrogens with zero attached hydrogens (tertiary/aromatic N) is 6. The van der Waals surface area contributed by atoms with Crippen molar-refractivity contribution in [1.82, 2.24) is 28.7 Å². The summed E-state index contributed by atoms with van der Waals surface area (Å²) in [6.07, 6.45) is 0. The molecule has 0 fully saturated rings. The van der Waals surface area contributed by atoms with Gasteiger partial charge in [0.2, 0.25) is 0 Å². The quantitative estimate of drug-likeness (QED) is 0.0652. The first-order valence-electron chi connectivity index (χ1n) is 31.7. The molecule has 0 aliphatic carbocycles. The van der Waals surface area contributed by atoms with Crippen LogP contribution >= 0.6 is 24.9 Å². The van der Waals surface area contributed by atoms with Gasteiger partial charge in [-0.25, -0.2) is 19.2 Å². The first kappa shape index (κ1) is 62.8. The second-order valence-corrected chi connectivity index (χ2v) is 29.5. The molecule has 0 aliphatic heterocycles. The first-order valence-corrected chi connectivity index (χ1v) is 36.1. The van der Waals surface area contributed by atoms with Crippen LogP contribution in [-0.2, 0) is 15.4 Å². The average molecular weight is 1520 g/mol. The zero-order chi connectivity index (χ0) is 65.7. The third-order valence-corrected chi connectivity index (χ3v) is 24.8. The molecular formula is C81H65BiN6O2P3SSi. The minimum atomic E-state index is -3.05. The van der Waals surface area contributed by atoms with Gasteiger partial charge in [-0.3, -0.25) is 13.7 Å². The van der Waals surface area contributed by atoms with E-state index in [1.165, 1.54) is 20.7 Å². The first-order chi connectivity index (χ1) is 47.4. The van der Waals surface area contributed by atoms with Crippen molar-refractivity contribution in [3.63, 3.8) is 0 Å². The van der Waals surface area contributed by atoms with Crippen molar-refractivity contribution in [3.8, 4) is 51.2 Å². The van der Waals surface area contributed by atoms with Crippen LogP contribution in [-0.4, -0.2) is 69.7 Å². The molecule has 95 heavy (non-hydrogen) atoms. The molecule has 1 unspecified atom stereocenters. The van der Waals surface area contributed by atoms with Gasteiger partial charge in [-0.2, -0.15) is 9.84 Å². The second kappa shape index (κ2) is 29.7. The normalized spacial score (nSPS) is 11.4. The Balaban J connectivity index is 0.000000175. The van der Waals surface area contributed by atoms with E-state index in [9.17, 15) is 0 Å². The summed E-state index contributed by atoms with van der Waals surface area (Å²) in [6, 6.07) is 124. The Morgan fingerprint density at radius 3 is 0.853 bits per heavy atom. The number of fused-ring (bicyclic) bond motifs is 3. The summed E-state index contributed by atoms with van der Waals surface area (Å²) in [4.78, 5) is 15.9. The third-order valence-electron chi connectivity index (χ3n) is 17.0. The van der Waals surface area contributed by atoms with E-state index >= 15 is 4.57 Å². The van der Waals surface area contributed by atoms with Crippen LogP contribution in [0.2, 0.25) is 0 Å². The zero-order valence-electron chi connectivity index (χ0n) is 53.5. The monoisotopic (exact) mass is 1520 g/mol. The number of rotatable bonds is 13. The molecule has 13 aromatic carbocycles. The van der Waals surface area contributed by atoms with Crippen molar-refractivity contribution in [2.75, 3.05) is 0 Å². The largest absolute Gasteiger partial charge is 0.292 e. The Morgan fingerprint density at radius 1 is 0.337 bits per heavy atom. The molecule has 14 heteroatoms. The van der Waals surface area contributed by atoms with Crippen molar-refractivity contribution < 1.29 is 8.77 Å². The van der Waals surface area contributed by atoms with Gasteiger partial charge in [0.05, 0.1) is 34.4 Å². The summed E-state index contributed by atoms with van der Waals surface area (Å²) in [7, 11) is -3.66. The van der Waals surface area contributed by atoms with Crippen LogP contribution < -0.4 is 36.7 Å². The number of imidazole rings is 3.